The lowest BCUT2D eigenvalue weighted by atomic mass is 10.1. The third-order valence-corrected chi connectivity index (χ3v) is 4.49. The van der Waals surface area contributed by atoms with Gasteiger partial charge in [0.2, 0.25) is 5.88 Å². The van der Waals surface area contributed by atoms with Gasteiger partial charge < -0.3 is 9.30 Å². The highest BCUT2D eigenvalue weighted by molar-refractivity contribution is 5.97. The van der Waals surface area contributed by atoms with Crippen LogP contribution in [0.4, 0.5) is 0 Å². The van der Waals surface area contributed by atoms with Crippen molar-refractivity contribution >= 4 is 16.7 Å². The van der Waals surface area contributed by atoms with Crippen LogP contribution in [0.15, 0.2) is 55.4 Å². The molecule has 0 unspecified atom stereocenters. The monoisotopic (exact) mass is 387 g/mol. The smallest absolute Gasteiger partial charge is 0.214 e. The molecule has 0 N–H and O–H groups in total. The summed E-state index contributed by atoms with van der Waals surface area (Å²) < 4.78 is 7.52. The van der Waals surface area contributed by atoms with E-state index in [1.165, 1.54) is 0 Å². The first-order chi connectivity index (χ1) is 14.0. The average molecular weight is 387 g/mol. The highest BCUT2D eigenvalue weighted by Crippen LogP contribution is 2.22. The molecule has 0 saturated carbocycles. The minimum absolute atomic E-state index is 0.00358. The Labute approximate surface area is 168 Å². The molecule has 0 aromatic carbocycles. The molecule has 0 aliphatic heterocycles. The number of imidazole rings is 1. The SMILES string of the molecule is CC(C)Oc1cc(C(=O)Cc2cc3cc(-c4cncn4C)cnc3cn2)ccn1. The maximum atomic E-state index is 12.7. The predicted molar refractivity (Wildman–Crippen MR) is 110 cm³/mol. The number of hydrogen-bond donors (Lipinski definition) is 0. The first-order valence-corrected chi connectivity index (χ1v) is 9.37. The molecule has 0 bridgehead atoms. The molecular formula is C22H21N5O2. The molecule has 0 aliphatic rings. The van der Waals surface area contributed by atoms with Crippen molar-refractivity contribution in [1.82, 2.24) is 24.5 Å². The third-order valence-electron chi connectivity index (χ3n) is 4.49. The molecule has 0 atom stereocenters. The van der Waals surface area contributed by atoms with Crippen LogP contribution in [-0.4, -0.2) is 36.4 Å². The van der Waals surface area contributed by atoms with E-state index in [1.54, 1.807) is 43.2 Å². The summed E-state index contributed by atoms with van der Waals surface area (Å²) in [6, 6.07) is 7.31. The highest BCUT2D eigenvalue weighted by atomic mass is 16.5. The summed E-state index contributed by atoms with van der Waals surface area (Å²) in [7, 11) is 1.94. The molecule has 0 amide bonds. The molecule has 29 heavy (non-hydrogen) atoms. The number of ether oxygens (including phenoxy) is 1. The summed E-state index contributed by atoms with van der Waals surface area (Å²) in [5.74, 6) is 0.408. The third kappa shape index (κ3) is 4.13. The van der Waals surface area contributed by atoms with E-state index >= 15 is 0 Å². The van der Waals surface area contributed by atoms with Gasteiger partial charge in [0.15, 0.2) is 5.78 Å². The van der Waals surface area contributed by atoms with Gasteiger partial charge in [-0.3, -0.25) is 14.8 Å². The van der Waals surface area contributed by atoms with Crippen LogP contribution in [0.2, 0.25) is 0 Å². The van der Waals surface area contributed by atoms with Gasteiger partial charge in [0.1, 0.15) is 0 Å². The van der Waals surface area contributed by atoms with E-state index in [1.807, 2.05) is 37.6 Å². The van der Waals surface area contributed by atoms with Gasteiger partial charge in [-0.25, -0.2) is 9.97 Å². The Morgan fingerprint density at radius 2 is 1.97 bits per heavy atom. The fraction of sp³-hybridized carbons (Fsp3) is 0.227. The number of nitrogens with zero attached hydrogens (tertiary/aromatic N) is 5. The van der Waals surface area contributed by atoms with Gasteiger partial charge in [-0.05, 0) is 32.0 Å². The van der Waals surface area contributed by atoms with Crippen LogP contribution < -0.4 is 4.74 Å². The second-order valence-corrected chi connectivity index (χ2v) is 7.13. The molecule has 146 valence electrons. The molecule has 4 rings (SSSR count). The average Bonchev–Trinajstić information content (AvgIpc) is 3.13. The summed E-state index contributed by atoms with van der Waals surface area (Å²) in [4.78, 5) is 29.9. The normalized spacial score (nSPS) is 11.2. The van der Waals surface area contributed by atoms with Crippen LogP contribution in [0.3, 0.4) is 0 Å². The van der Waals surface area contributed by atoms with Crippen molar-refractivity contribution in [1.29, 1.82) is 0 Å². The van der Waals surface area contributed by atoms with Crippen LogP contribution >= 0.6 is 0 Å². The molecule has 4 heterocycles. The summed E-state index contributed by atoms with van der Waals surface area (Å²) in [6.07, 6.45) is 8.83. The fourth-order valence-electron chi connectivity index (χ4n) is 3.10. The van der Waals surface area contributed by atoms with Gasteiger partial charge in [0.05, 0.1) is 42.5 Å². The lowest BCUT2D eigenvalue weighted by Crippen LogP contribution is -2.09. The molecule has 7 nitrogen and oxygen atoms in total. The van der Waals surface area contributed by atoms with Crippen molar-refractivity contribution in [2.24, 2.45) is 7.05 Å². The van der Waals surface area contributed by atoms with E-state index in [9.17, 15) is 4.79 Å². The minimum Gasteiger partial charge on any atom is -0.475 e. The van der Waals surface area contributed by atoms with Crippen molar-refractivity contribution in [3.63, 3.8) is 0 Å². The quantitative estimate of drug-likeness (QED) is 0.470. The van der Waals surface area contributed by atoms with Gasteiger partial charge in [-0.15, -0.1) is 0 Å². The Morgan fingerprint density at radius 1 is 1.10 bits per heavy atom. The summed E-state index contributed by atoms with van der Waals surface area (Å²) in [5, 5.41) is 0.931. The number of carbonyl (C=O) groups is 1. The zero-order valence-electron chi connectivity index (χ0n) is 16.5. The van der Waals surface area contributed by atoms with Crippen LogP contribution in [0.5, 0.6) is 5.88 Å². The Hall–Kier alpha value is -3.61. The van der Waals surface area contributed by atoms with Gasteiger partial charge in [-0.1, -0.05) is 0 Å². The lowest BCUT2D eigenvalue weighted by molar-refractivity contribution is 0.0991. The van der Waals surface area contributed by atoms with Gasteiger partial charge in [0.25, 0.3) is 0 Å². The van der Waals surface area contributed by atoms with E-state index in [2.05, 4.69) is 19.9 Å². The zero-order chi connectivity index (χ0) is 20.4. The molecule has 4 aromatic rings. The van der Waals surface area contributed by atoms with Crippen molar-refractivity contribution in [2.45, 2.75) is 26.4 Å². The van der Waals surface area contributed by atoms with Gasteiger partial charge in [0, 0.05) is 47.7 Å². The largest absolute Gasteiger partial charge is 0.475 e. The second kappa shape index (κ2) is 7.79. The highest BCUT2D eigenvalue weighted by Gasteiger charge is 2.12. The predicted octanol–water partition coefficient (Wildman–Crippen LogP) is 3.64. The van der Waals surface area contributed by atoms with Crippen LogP contribution in [0.1, 0.15) is 29.9 Å². The van der Waals surface area contributed by atoms with Crippen molar-refractivity contribution in [2.75, 3.05) is 0 Å². The van der Waals surface area contributed by atoms with E-state index in [4.69, 9.17) is 4.74 Å². The standard InChI is InChI=1S/C22H21N5O2/c1-14(2)29-22-8-15(4-5-24-22)21(28)9-18-7-16-6-17(10-26-19(16)11-25-18)20-12-23-13-27(20)3/h4-8,10-14H,9H2,1-3H3. The first-order valence-electron chi connectivity index (χ1n) is 9.37. The molecule has 0 saturated heterocycles. The van der Waals surface area contributed by atoms with Crippen LogP contribution in [-0.2, 0) is 13.5 Å². The fourth-order valence-corrected chi connectivity index (χ4v) is 3.10. The summed E-state index contributed by atoms with van der Waals surface area (Å²) >= 11 is 0. The number of Topliss-reactive ketones (excluding diaryl/α,β-unsaturated/α-hetero) is 1. The Balaban J connectivity index is 1.59. The Bertz CT molecular complexity index is 1180. The van der Waals surface area contributed by atoms with E-state index in [0.717, 1.165) is 22.2 Å². The second-order valence-electron chi connectivity index (χ2n) is 7.13. The molecular weight excluding hydrogens is 366 g/mol. The molecule has 4 aromatic heterocycles. The first kappa shape index (κ1) is 18.7. The number of hydrogen-bond acceptors (Lipinski definition) is 6. The van der Waals surface area contributed by atoms with Gasteiger partial charge in [-0.2, -0.15) is 0 Å². The minimum atomic E-state index is -0.0383. The maximum Gasteiger partial charge on any atom is 0.214 e. The molecule has 0 aliphatic carbocycles. The lowest BCUT2D eigenvalue weighted by Gasteiger charge is -2.09. The topological polar surface area (TPSA) is 82.8 Å². The number of rotatable bonds is 6. The number of aryl methyl sites for hydroxylation is 1. The zero-order valence-corrected chi connectivity index (χ0v) is 16.5. The molecule has 0 fully saturated rings. The Kier molecular flexibility index (Phi) is 5.03. The van der Waals surface area contributed by atoms with Crippen molar-refractivity contribution in [3.05, 3.63) is 66.6 Å². The molecule has 7 heteroatoms. The number of aromatic nitrogens is 5. The van der Waals surface area contributed by atoms with E-state index < -0.39 is 0 Å². The van der Waals surface area contributed by atoms with Crippen LogP contribution in [0.25, 0.3) is 22.2 Å². The molecule has 0 spiro atoms. The van der Waals surface area contributed by atoms with Crippen LogP contribution in [0, 0.1) is 0 Å². The number of fused-ring (bicyclic) bond motifs is 1. The number of pyridine rings is 3. The summed E-state index contributed by atoms with van der Waals surface area (Å²) in [5.41, 5.74) is 3.96. The Morgan fingerprint density at radius 3 is 2.72 bits per heavy atom. The molecule has 0 radical (unpaired) electrons. The van der Waals surface area contributed by atoms with Gasteiger partial charge >= 0.3 is 0 Å². The van der Waals surface area contributed by atoms with E-state index in [0.29, 0.717) is 17.1 Å². The summed E-state index contributed by atoms with van der Waals surface area (Å²) in [6.45, 7) is 3.84. The maximum absolute atomic E-state index is 12.7. The number of carbonyl (C=O) groups excluding carboxylic acids is 1. The number of ketones is 1. The van der Waals surface area contributed by atoms with E-state index in [-0.39, 0.29) is 18.3 Å². The van der Waals surface area contributed by atoms with Crippen molar-refractivity contribution in [3.8, 4) is 17.1 Å². The van der Waals surface area contributed by atoms with Crippen molar-refractivity contribution < 1.29 is 9.53 Å².